The number of benzene rings is 1. The third-order valence-corrected chi connectivity index (χ3v) is 4.55. The van der Waals surface area contributed by atoms with Crippen molar-refractivity contribution in [3.05, 3.63) is 35.9 Å². The Hall–Kier alpha value is -0.900. The first-order valence-corrected chi connectivity index (χ1v) is 7.44. The number of piperidine rings is 1. The molecule has 3 nitrogen and oxygen atoms in total. The van der Waals surface area contributed by atoms with Crippen LogP contribution in [0.1, 0.15) is 24.8 Å². The lowest BCUT2D eigenvalue weighted by molar-refractivity contribution is -0.0923. The van der Waals surface area contributed by atoms with E-state index in [9.17, 15) is 0 Å². The van der Waals surface area contributed by atoms with Gasteiger partial charge in [0.2, 0.25) is 0 Å². The molecule has 19 heavy (non-hydrogen) atoms. The van der Waals surface area contributed by atoms with E-state index in [1.807, 2.05) is 0 Å². The van der Waals surface area contributed by atoms with Gasteiger partial charge in [0.25, 0.3) is 0 Å². The molecule has 0 saturated carbocycles. The SMILES string of the molecule is NCCC1CC2COCC(C1)N2Cc1ccccc1. The highest BCUT2D eigenvalue weighted by atomic mass is 16.5. The normalized spacial score (nSPS) is 31.3. The summed E-state index contributed by atoms with van der Waals surface area (Å²) >= 11 is 0. The highest BCUT2D eigenvalue weighted by molar-refractivity contribution is 5.15. The van der Waals surface area contributed by atoms with Gasteiger partial charge in [0.1, 0.15) is 0 Å². The van der Waals surface area contributed by atoms with Crippen molar-refractivity contribution in [2.45, 2.75) is 37.9 Å². The van der Waals surface area contributed by atoms with E-state index in [-0.39, 0.29) is 0 Å². The number of morpholine rings is 1. The van der Waals surface area contributed by atoms with Gasteiger partial charge >= 0.3 is 0 Å². The van der Waals surface area contributed by atoms with Gasteiger partial charge < -0.3 is 10.5 Å². The van der Waals surface area contributed by atoms with Gasteiger partial charge in [-0.2, -0.15) is 0 Å². The summed E-state index contributed by atoms with van der Waals surface area (Å²) in [5.74, 6) is 0.802. The lowest BCUT2D eigenvalue weighted by atomic mass is 9.83. The summed E-state index contributed by atoms with van der Waals surface area (Å²) in [5, 5.41) is 0. The van der Waals surface area contributed by atoms with E-state index in [2.05, 4.69) is 35.2 Å². The molecule has 2 bridgehead atoms. The first-order valence-electron chi connectivity index (χ1n) is 7.44. The molecular weight excluding hydrogens is 236 g/mol. The van der Waals surface area contributed by atoms with Crippen LogP contribution in [0.3, 0.4) is 0 Å². The summed E-state index contributed by atoms with van der Waals surface area (Å²) in [6, 6.07) is 12.0. The quantitative estimate of drug-likeness (QED) is 0.900. The zero-order valence-electron chi connectivity index (χ0n) is 11.5. The molecule has 1 aromatic rings. The molecule has 2 atom stereocenters. The van der Waals surface area contributed by atoms with Crippen LogP contribution in [0.4, 0.5) is 0 Å². The van der Waals surface area contributed by atoms with Crippen molar-refractivity contribution in [2.75, 3.05) is 19.8 Å². The molecule has 2 aliphatic rings. The van der Waals surface area contributed by atoms with Gasteiger partial charge in [-0.25, -0.2) is 0 Å². The minimum absolute atomic E-state index is 0.587. The second kappa shape index (κ2) is 6.04. The highest BCUT2D eigenvalue weighted by Crippen LogP contribution is 2.34. The van der Waals surface area contributed by atoms with E-state index >= 15 is 0 Å². The Bertz CT molecular complexity index is 381. The molecule has 2 unspecified atom stereocenters. The molecule has 0 aliphatic carbocycles. The maximum atomic E-state index is 5.76. The molecule has 2 N–H and O–H groups in total. The Morgan fingerprint density at radius 2 is 1.79 bits per heavy atom. The van der Waals surface area contributed by atoms with E-state index in [0.717, 1.165) is 32.2 Å². The fourth-order valence-corrected chi connectivity index (χ4v) is 3.63. The van der Waals surface area contributed by atoms with Crippen molar-refractivity contribution in [3.63, 3.8) is 0 Å². The fourth-order valence-electron chi connectivity index (χ4n) is 3.63. The van der Waals surface area contributed by atoms with Crippen LogP contribution in [0, 0.1) is 5.92 Å². The number of nitrogens with two attached hydrogens (primary N) is 1. The molecular formula is C16H24N2O. The summed E-state index contributed by atoms with van der Waals surface area (Å²) in [5.41, 5.74) is 7.14. The number of nitrogens with zero attached hydrogens (tertiary/aromatic N) is 1. The molecule has 2 saturated heterocycles. The smallest absolute Gasteiger partial charge is 0.0623 e. The maximum Gasteiger partial charge on any atom is 0.0623 e. The molecule has 104 valence electrons. The van der Waals surface area contributed by atoms with Gasteiger partial charge in [0, 0.05) is 18.6 Å². The molecule has 0 spiro atoms. The third kappa shape index (κ3) is 2.99. The molecule has 0 amide bonds. The summed E-state index contributed by atoms with van der Waals surface area (Å²) in [6.07, 6.45) is 3.67. The number of hydrogen-bond donors (Lipinski definition) is 1. The number of ether oxygens (including phenoxy) is 1. The molecule has 0 aromatic heterocycles. The lowest BCUT2D eigenvalue weighted by Crippen LogP contribution is -2.56. The summed E-state index contributed by atoms with van der Waals surface area (Å²) < 4.78 is 5.76. The Labute approximate surface area is 115 Å². The number of hydrogen-bond acceptors (Lipinski definition) is 3. The van der Waals surface area contributed by atoms with Crippen LogP contribution in [-0.4, -0.2) is 36.7 Å². The standard InChI is InChI=1S/C16H24N2O/c17-7-6-14-8-15-11-19-12-16(9-14)18(15)10-13-4-2-1-3-5-13/h1-5,14-16H,6-12,17H2. The van der Waals surface area contributed by atoms with Gasteiger partial charge in [0.05, 0.1) is 13.2 Å². The van der Waals surface area contributed by atoms with Crippen LogP contribution in [-0.2, 0) is 11.3 Å². The predicted molar refractivity (Wildman–Crippen MR) is 76.8 cm³/mol. The third-order valence-electron chi connectivity index (χ3n) is 4.55. The van der Waals surface area contributed by atoms with Crippen LogP contribution >= 0.6 is 0 Å². The van der Waals surface area contributed by atoms with Crippen molar-refractivity contribution >= 4 is 0 Å². The topological polar surface area (TPSA) is 38.5 Å². The average molecular weight is 260 g/mol. The van der Waals surface area contributed by atoms with Crippen molar-refractivity contribution in [2.24, 2.45) is 11.7 Å². The van der Waals surface area contributed by atoms with Crippen LogP contribution < -0.4 is 5.73 Å². The Morgan fingerprint density at radius 1 is 1.11 bits per heavy atom. The monoisotopic (exact) mass is 260 g/mol. The van der Waals surface area contributed by atoms with E-state index in [1.54, 1.807) is 0 Å². The molecule has 1 aromatic carbocycles. The average Bonchev–Trinajstić information content (AvgIpc) is 2.41. The zero-order chi connectivity index (χ0) is 13.1. The van der Waals surface area contributed by atoms with Crippen molar-refractivity contribution in [1.29, 1.82) is 0 Å². The highest BCUT2D eigenvalue weighted by Gasteiger charge is 2.38. The Kier molecular flexibility index (Phi) is 4.16. The first-order chi connectivity index (χ1) is 9.36. The van der Waals surface area contributed by atoms with Crippen LogP contribution in [0.15, 0.2) is 30.3 Å². The minimum atomic E-state index is 0.587. The largest absolute Gasteiger partial charge is 0.378 e. The van der Waals surface area contributed by atoms with Crippen molar-refractivity contribution in [3.8, 4) is 0 Å². The molecule has 2 aliphatic heterocycles. The number of rotatable bonds is 4. The Morgan fingerprint density at radius 3 is 2.42 bits per heavy atom. The molecule has 3 heteroatoms. The van der Waals surface area contributed by atoms with Crippen molar-refractivity contribution in [1.82, 2.24) is 4.90 Å². The van der Waals surface area contributed by atoms with E-state index < -0.39 is 0 Å². The van der Waals surface area contributed by atoms with Crippen LogP contribution in [0.2, 0.25) is 0 Å². The second-order valence-corrected chi connectivity index (χ2v) is 5.92. The molecule has 3 rings (SSSR count). The van der Waals surface area contributed by atoms with Gasteiger partial charge in [-0.05, 0) is 37.3 Å². The predicted octanol–water partition coefficient (Wildman–Crippen LogP) is 2.01. The summed E-state index contributed by atoms with van der Waals surface area (Å²) in [7, 11) is 0. The molecule has 0 radical (unpaired) electrons. The van der Waals surface area contributed by atoms with Crippen LogP contribution in [0.5, 0.6) is 0 Å². The fraction of sp³-hybridized carbons (Fsp3) is 0.625. The van der Waals surface area contributed by atoms with Crippen LogP contribution in [0.25, 0.3) is 0 Å². The van der Waals surface area contributed by atoms with Gasteiger partial charge in [-0.15, -0.1) is 0 Å². The molecule has 2 heterocycles. The second-order valence-electron chi connectivity index (χ2n) is 5.92. The first kappa shape index (κ1) is 13.1. The summed E-state index contributed by atoms with van der Waals surface area (Å²) in [4.78, 5) is 2.66. The van der Waals surface area contributed by atoms with Gasteiger partial charge in [0.15, 0.2) is 0 Å². The maximum absolute atomic E-state index is 5.76. The van der Waals surface area contributed by atoms with E-state index in [1.165, 1.54) is 24.8 Å². The molecule has 2 fully saturated rings. The summed E-state index contributed by atoms with van der Waals surface area (Å²) in [6.45, 7) is 3.67. The minimum Gasteiger partial charge on any atom is -0.378 e. The van der Waals surface area contributed by atoms with Gasteiger partial charge in [-0.3, -0.25) is 4.90 Å². The van der Waals surface area contributed by atoms with E-state index in [0.29, 0.717) is 12.1 Å². The zero-order valence-corrected chi connectivity index (χ0v) is 11.5. The van der Waals surface area contributed by atoms with Gasteiger partial charge in [-0.1, -0.05) is 30.3 Å². The Balaban J connectivity index is 1.68. The lowest BCUT2D eigenvalue weighted by Gasteiger charge is -2.48. The van der Waals surface area contributed by atoms with E-state index in [4.69, 9.17) is 10.5 Å². The number of fused-ring (bicyclic) bond motifs is 2. The van der Waals surface area contributed by atoms with Crippen molar-refractivity contribution < 1.29 is 4.74 Å².